The zero-order valence-corrected chi connectivity index (χ0v) is 40.2. The maximum atomic E-state index is 12.8. The highest BCUT2D eigenvalue weighted by Gasteiger charge is 2.19. The Morgan fingerprint density at radius 3 is 0.833 bits per heavy atom. The molecule has 0 aliphatic carbocycles. The van der Waals surface area contributed by atoms with E-state index in [1.165, 1.54) is 180 Å². The van der Waals surface area contributed by atoms with Crippen molar-refractivity contribution in [3.8, 4) is 0 Å². The van der Waals surface area contributed by atoms with Gasteiger partial charge in [0.1, 0.15) is 13.2 Å². The predicted molar refractivity (Wildman–Crippen MR) is 256 cm³/mol. The second-order valence-electron chi connectivity index (χ2n) is 17.8. The normalized spacial score (nSPS) is 12.1. The molecule has 0 saturated heterocycles. The zero-order valence-electron chi connectivity index (χ0n) is 40.2. The van der Waals surface area contributed by atoms with E-state index in [0.717, 1.165) is 64.2 Å². The standard InChI is InChI=1S/C54H100O6/c1-4-7-10-13-16-19-21-23-25-26-27-28-30-31-33-35-38-41-44-47-53(56)59-50-51(49-58-52(55)46-43-40-37-18-15-12-9-6-3)60-54(57)48-45-42-39-36-34-32-29-24-22-20-17-14-11-8-5-2/h23-25,29,51H,4-22,26-28,30-50H2,1-3H3/b25-23-,29-24-. The molecule has 0 aliphatic heterocycles. The summed E-state index contributed by atoms with van der Waals surface area (Å²) in [6.45, 7) is 6.62. The molecule has 0 aromatic rings. The van der Waals surface area contributed by atoms with Crippen LogP contribution in [0, 0.1) is 0 Å². The van der Waals surface area contributed by atoms with Crippen molar-refractivity contribution in [1.29, 1.82) is 0 Å². The number of allylic oxidation sites excluding steroid dienone is 4. The molecule has 1 unspecified atom stereocenters. The van der Waals surface area contributed by atoms with Crippen LogP contribution in [0.15, 0.2) is 24.3 Å². The summed E-state index contributed by atoms with van der Waals surface area (Å²) >= 11 is 0. The van der Waals surface area contributed by atoms with Crippen molar-refractivity contribution >= 4 is 17.9 Å². The molecule has 0 rings (SSSR count). The summed E-state index contributed by atoms with van der Waals surface area (Å²) in [4.78, 5) is 37.8. The SMILES string of the molecule is CCCCCCCC/C=C\CCCCCCCCCCCC(=O)OCC(COC(=O)CCCCCCCCCC)OC(=O)CCCCCCC/C=C\CCCCCCCC. The van der Waals surface area contributed by atoms with Gasteiger partial charge in [0, 0.05) is 19.3 Å². The minimum atomic E-state index is -0.770. The Balaban J connectivity index is 4.25. The fourth-order valence-corrected chi connectivity index (χ4v) is 7.67. The average molecular weight is 845 g/mol. The van der Waals surface area contributed by atoms with Crippen molar-refractivity contribution < 1.29 is 28.6 Å². The van der Waals surface area contributed by atoms with E-state index in [0.29, 0.717) is 19.3 Å². The number of esters is 3. The van der Waals surface area contributed by atoms with E-state index in [-0.39, 0.29) is 31.1 Å². The molecule has 0 aromatic carbocycles. The molecule has 0 saturated carbocycles. The topological polar surface area (TPSA) is 78.9 Å². The first-order valence-electron chi connectivity index (χ1n) is 26.3. The van der Waals surface area contributed by atoms with Crippen LogP contribution in [0.2, 0.25) is 0 Å². The van der Waals surface area contributed by atoms with E-state index in [2.05, 4.69) is 45.1 Å². The van der Waals surface area contributed by atoms with Gasteiger partial charge in [-0.25, -0.2) is 0 Å². The molecule has 60 heavy (non-hydrogen) atoms. The molecule has 0 fully saturated rings. The van der Waals surface area contributed by atoms with Gasteiger partial charge in [-0.05, 0) is 70.6 Å². The molecule has 0 spiro atoms. The summed E-state index contributed by atoms with van der Waals surface area (Å²) in [5.74, 6) is -0.875. The van der Waals surface area contributed by atoms with Crippen LogP contribution in [0.5, 0.6) is 0 Å². The minimum Gasteiger partial charge on any atom is -0.462 e. The van der Waals surface area contributed by atoms with E-state index in [4.69, 9.17) is 14.2 Å². The van der Waals surface area contributed by atoms with E-state index in [1.54, 1.807) is 0 Å². The van der Waals surface area contributed by atoms with Crippen LogP contribution in [-0.2, 0) is 28.6 Å². The van der Waals surface area contributed by atoms with Gasteiger partial charge in [-0.15, -0.1) is 0 Å². The predicted octanol–water partition coefficient (Wildman–Crippen LogP) is 17.2. The summed E-state index contributed by atoms with van der Waals surface area (Å²) in [6.07, 6.45) is 56.0. The Kier molecular flexibility index (Phi) is 47.8. The molecule has 0 heterocycles. The molecule has 0 amide bonds. The van der Waals surface area contributed by atoms with Crippen molar-refractivity contribution in [2.45, 2.75) is 290 Å². The van der Waals surface area contributed by atoms with Crippen LogP contribution in [0.1, 0.15) is 284 Å². The molecule has 0 aromatic heterocycles. The highest BCUT2D eigenvalue weighted by atomic mass is 16.6. The largest absolute Gasteiger partial charge is 0.462 e. The fraction of sp³-hybridized carbons (Fsp3) is 0.870. The lowest BCUT2D eigenvalue weighted by Gasteiger charge is -2.18. The van der Waals surface area contributed by atoms with Gasteiger partial charge in [-0.3, -0.25) is 14.4 Å². The van der Waals surface area contributed by atoms with Gasteiger partial charge in [0.15, 0.2) is 6.10 Å². The van der Waals surface area contributed by atoms with Crippen molar-refractivity contribution in [1.82, 2.24) is 0 Å². The van der Waals surface area contributed by atoms with Gasteiger partial charge >= 0.3 is 17.9 Å². The van der Waals surface area contributed by atoms with Crippen LogP contribution < -0.4 is 0 Å². The number of hydrogen-bond donors (Lipinski definition) is 0. The fourth-order valence-electron chi connectivity index (χ4n) is 7.67. The molecule has 0 N–H and O–H groups in total. The Morgan fingerprint density at radius 1 is 0.317 bits per heavy atom. The maximum absolute atomic E-state index is 12.8. The quantitative estimate of drug-likeness (QED) is 0.0263. The molecule has 0 bridgehead atoms. The molecular formula is C54H100O6. The highest BCUT2D eigenvalue weighted by molar-refractivity contribution is 5.71. The lowest BCUT2D eigenvalue weighted by Crippen LogP contribution is -2.30. The Bertz CT molecular complexity index is 973. The van der Waals surface area contributed by atoms with E-state index < -0.39 is 6.10 Å². The monoisotopic (exact) mass is 845 g/mol. The first kappa shape index (κ1) is 57.9. The Hall–Kier alpha value is -2.11. The average Bonchev–Trinajstić information content (AvgIpc) is 3.24. The summed E-state index contributed by atoms with van der Waals surface area (Å²) in [6, 6.07) is 0. The van der Waals surface area contributed by atoms with Crippen molar-refractivity contribution in [3.63, 3.8) is 0 Å². The molecular weight excluding hydrogens is 745 g/mol. The van der Waals surface area contributed by atoms with Gasteiger partial charge in [0.2, 0.25) is 0 Å². The third kappa shape index (κ3) is 46.9. The third-order valence-electron chi connectivity index (χ3n) is 11.7. The van der Waals surface area contributed by atoms with Crippen molar-refractivity contribution in [3.05, 3.63) is 24.3 Å². The number of carbonyl (C=O) groups excluding carboxylic acids is 3. The van der Waals surface area contributed by atoms with Gasteiger partial charge in [-0.1, -0.05) is 218 Å². The van der Waals surface area contributed by atoms with Crippen molar-refractivity contribution in [2.24, 2.45) is 0 Å². The van der Waals surface area contributed by atoms with Crippen LogP contribution in [0.25, 0.3) is 0 Å². The van der Waals surface area contributed by atoms with E-state index in [1.807, 2.05) is 0 Å². The van der Waals surface area contributed by atoms with Crippen LogP contribution in [0.4, 0.5) is 0 Å². The number of rotatable bonds is 48. The van der Waals surface area contributed by atoms with Gasteiger partial charge in [-0.2, -0.15) is 0 Å². The van der Waals surface area contributed by atoms with Gasteiger partial charge in [0.05, 0.1) is 0 Å². The second-order valence-corrected chi connectivity index (χ2v) is 17.8. The first-order valence-corrected chi connectivity index (χ1v) is 26.3. The van der Waals surface area contributed by atoms with Crippen LogP contribution in [0.3, 0.4) is 0 Å². The van der Waals surface area contributed by atoms with Crippen molar-refractivity contribution in [2.75, 3.05) is 13.2 Å². The second kappa shape index (κ2) is 49.5. The number of carbonyl (C=O) groups is 3. The third-order valence-corrected chi connectivity index (χ3v) is 11.7. The lowest BCUT2D eigenvalue weighted by molar-refractivity contribution is -0.167. The molecule has 6 heteroatoms. The minimum absolute atomic E-state index is 0.0722. The molecule has 1 atom stereocenters. The molecule has 0 radical (unpaired) electrons. The maximum Gasteiger partial charge on any atom is 0.306 e. The van der Waals surface area contributed by atoms with E-state index in [9.17, 15) is 14.4 Å². The van der Waals surface area contributed by atoms with Gasteiger partial charge < -0.3 is 14.2 Å². The number of hydrogen-bond acceptors (Lipinski definition) is 6. The summed E-state index contributed by atoms with van der Waals surface area (Å²) in [5, 5.41) is 0. The zero-order chi connectivity index (χ0) is 43.7. The summed E-state index contributed by atoms with van der Waals surface area (Å²) in [7, 11) is 0. The van der Waals surface area contributed by atoms with Crippen LogP contribution >= 0.6 is 0 Å². The van der Waals surface area contributed by atoms with E-state index >= 15 is 0 Å². The first-order chi connectivity index (χ1) is 29.5. The molecule has 6 nitrogen and oxygen atoms in total. The Labute approximate surface area is 373 Å². The highest BCUT2D eigenvalue weighted by Crippen LogP contribution is 2.15. The van der Waals surface area contributed by atoms with Crippen LogP contribution in [-0.4, -0.2) is 37.2 Å². The molecule has 352 valence electrons. The van der Waals surface area contributed by atoms with Gasteiger partial charge in [0.25, 0.3) is 0 Å². The number of unbranched alkanes of at least 4 members (excludes halogenated alkanes) is 33. The lowest BCUT2D eigenvalue weighted by atomic mass is 10.1. The molecule has 0 aliphatic rings. The summed E-state index contributed by atoms with van der Waals surface area (Å²) in [5.41, 5.74) is 0. The number of ether oxygens (including phenoxy) is 3. The Morgan fingerprint density at radius 2 is 0.550 bits per heavy atom. The smallest absolute Gasteiger partial charge is 0.306 e. The summed E-state index contributed by atoms with van der Waals surface area (Å²) < 4.78 is 16.8.